The second-order valence-electron chi connectivity index (χ2n) is 3.25. The van der Waals surface area contributed by atoms with E-state index >= 15 is 0 Å². The van der Waals surface area contributed by atoms with Crippen LogP contribution in [0.25, 0.3) is 0 Å². The van der Waals surface area contributed by atoms with Crippen LogP contribution in [0.4, 0.5) is 0 Å². The molecule has 0 unspecified atom stereocenters. The molecule has 0 heterocycles. The highest BCUT2D eigenvalue weighted by Gasteiger charge is 2.27. The maximum atomic E-state index is 5.58. The number of hydrogen-bond donors (Lipinski definition) is 0. The third kappa shape index (κ3) is 3.33. The van der Waals surface area contributed by atoms with Crippen LogP contribution in [0.5, 0.6) is 0 Å². The fourth-order valence-corrected chi connectivity index (χ4v) is 1.66. The van der Waals surface area contributed by atoms with E-state index in [1.807, 2.05) is 0 Å². The third-order valence-electron chi connectivity index (χ3n) is 2.25. The molecular weight excluding hydrogens is 164 g/mol. The van der Waals surface area contributed by atoms with Crippen LogP contribution in [-0.4, -0.2) is 25.4 Å². The van der Waals surface area contributed by atoms with E-state index in [4.69, 9.17) is 9.47 Å². The van der Waals surface area contributed by atoms with Crippen molar-refractivity contribution in [3.05, 3.63) is 25.3 Å². The van der Waals surface area contributed by atoms with Crippen LogP contribution in [0, 0.1) is 0 Å². The molecule has 0 bridgehead atoms. The minimum Gasteiger partial charge on any atom is -0.371 e. The summed E-state index contributed by atoms with van der Waals surface area (Å²) in [6, 6.07) is 0. The Bertz CT molecular complexity index is 147. The summed E-state index contributed by atoms with van der Waals surface area (Å²) in [5.41, 5.74) is 0. The van der Waals surface area contributed by atoms with Crippen LogP contribution in [0.3, 0.4) is 0 Å². The van der Waals surface area contributed by atoms with Crippen LogP contribution in [0.15, 0.2) is 25.3 Å². The third-order valence-corrected chi connectivity index (χ3v) is 2.25. The second-order valence-corrected chi connectivity index (χ2v) is 3.25. The van der Waals surface area contributed by atoms with Gasteiger partial charge in [0, 0.05) is 0 Å². The van der Waals surface area contributed by atoms with Crippen molar-refractivity contribution in [3.63, 3.8) is 0 Å². The Balaban J connectivity index is 2.25. The molecule has 0 radical (unpaired) electrons. The Hall–Kier alpha value is -0.600. The first-order valence-electron chi connectivity index (χ1n) is 4.83. The van der Waals surface area contributed by atoms with E-state index in [1.165, 1.54) is 6.42 Å². The van der Waals surface area contributed by atoms with Gasteiger partial charge in [0.05, 0.1) is 25.4 Å². The topological polar surface area (TPSA) is 18.5 Å². The van der Waals surface area contributed by atoms with E-state index in [-0.39, 0.29) is 12.2 Å². The van der Waals surface area contributed by atoms with Gasteiger partial charge in [-0.15, -0.1) is 13.2 Å². The Kier molecular flexibility index (Phi) is 4.79. The van der Waals surface area contributed by atoms with E-state index in [0.29, 0.717) is 13.2 Å². The molecule has 13 heavy (non-hydrogen) atoms. The lowest BCUT2D eigenvalue weighted by atomic mass is 10.2. The lowest BCUT2D eigenvalue weighted by molar-refractivity contribution is -0.0396. The Labute approximate surface area is 80.2 Å². The van der Waals surface area contributed by atoms with Gasteiger partial charge in [-0.05, 0) is 19.3 Å². The molecule has 74 valence electrons. The fraction of sp³-hybridized carbons (Fsp3) is 0.636. The zero-order valence-corrected chi connectivity index (χ0v) is 8.08. The first-order chi connectivity index (χ1) is 6.38. The van der Waals surface area contributed by atoms with Gasteiger partial charge < -0.3 is 9.47 Å². The van der Waals surface area contributed by atoms with Gasteiger partial charge in [0.25, 0.3) is 0 Å². The quantitative estimate of drug-likeness (QED) is 0.587. The monoisotopic (exact) mass is 182 g/mol. The molecule has 2 atom stereocenters. The molecule has 0 amide bonds. The lowest BCUT2D eigenvalue weighted by Crippen LogP contribution is -2.26. The molecule has 1 aliphatic carbocycles. The van der Waals surface area contributed by atoms with E-state index in [2.05, 4.69) is 13.2 Å². The molecule has 1 saturated carbocycles. The second kappa shape index (κ2) is 5.95. The molecule has 0 aromatic rings. The highest BCUT2D eigenvalue weighted by molar-refractivity contribution is 4.81. The molecule has 0 saturated heterocycles. The fourth-order valence-electron chi connectivity index (χ4n) is 1.66. The van der Waals surface area contributed by atoms with Gasteiger partial charge in [-0.3, -0.25) is 0 Å². The van der Waals surface area contributed by atoms with E-state index in [9.17, 15) is 0 Å². The van der Waals surface area contributed by atoms with Gasteiger partial charge in [0.1, 0.15) is 0 Å². The molecule has 2 heteroatoms. The SMILES string of the molecule is C=CCO[C@H]1CCC[C@@H]1OCC=C. The average Bonchev–Trinajstić information content (AvgIpc) is 2.59. The summed E-state index contributed by atoms with van der Waals surface area (Å²) in [6.45, 7) is 8.50. The molecule has 1 rings (SSSR count). The van der Waals surface area contributed by atoms with Crippen LogP contribution in [-0.2, 0) is 9.47 Å². The van der Waals surface area contributed by atoms with Crippen LogP contribution < -0.4 is 0 Å². The number of rotatable bonds is 6. The first-order valence-corrected chi connectivity index (χ1v) is 4.83. The molecule has 0 aromatic carbocycles. The van der Waals surface area contributed by atoms with Gasteiger partial charge in [0.15, 0.2) is 0 Å². The summed E-state index contributed by atoms with van der Waals surface area (Å²) < 4.78 is 11.2. The largest absolute Gasteiger partial charge is 0.371 e. The van der Waals surface area contributed by atoms with Crippen molar-refractivity contribution in [1.29, 1.82) is 0 Å². The van der Waals surface area contributed by atoms with Gasteiger partial charge in [-0.25, -0.2) is 0 Å². The Morgan fingerprint density at radius 1 is 1.00 bits per heavy atom. The molecule has 0 aromatic heterocycles. The molecule has 0 spiro atoms. The molecule has 0 aliphatic heterocycles. The van der Waals surface area contributed by atoms with Crippen LogP contribution >= 0.6 is 0 Å². The summed E-state index contributed by atoms with van der Waals surface area (Å²) in [5, 5.41) is 0. The standard InChI is InChI=1S/C11H18O2/c1-3-8-12-10-6-5-7-11(10)13-9-4-2/h3-4,10-11H,1-2,5-9H2/t10-,11-/m0/s1. The average molecular weight is 182 g/mol. The van der Waals surface area contributed by atoms with Crippen molar-refractivity contribution in [3.8, 4) is 0 Å². The number of hydrogen-bond acceptors (Lipinski definition) is 2. The maximum Gasteiger partial charge on any atom is 0.0841 e. The summed E-state index contributed by atoms with van der Waals surface area (Å²) in [5.74, 6) is 0. The molecular formula is C11H18O2. The smallest absolute Gasteiger partial charge is 0.0841 e. The van der Waals surface area contributed by atoms with Crippen LogP contribution in [0.2, 0.25) is 0 Å². The van der Waals surface area contributed by atoms with Gasteiger partial charge >= 0.3 is 0 Å². The Morgan fingerprint density at radius 2 is 1.46 bits per heavy atom. The predicted octanol–water partition coefficient (Wildman–Crippen LogP) is 2.31. The van der Waals surface area contributed by atoms with Crippen molar-refractivity contribution >= 4 is 0 Å². The summed E-state index contributed by atoms with van der Waals surface area (Å²) >= 11 is 0. The van der Waals surface area contributed by atoms with E-state index in [0.717, 1.165) is 12.8 Å². The van der Waals surface area contributed by atoms with Crippen molar-refractivity contribution in [1.82, 2.24) is 0 Å². The summed E-state index contributed by atoms with van der Waals surface area (Å²) in [7, 11) is 0. The predicted molar refractivity (Wildman–Crippen MR) is 53.7 cm³/mol. The highest BCUT2D eigenvalue weighted by Crippen LogP contribution is 2.24. The number of ether oxygens (including phenoxy) is 2. The summed E-state index contributed by atoms with van der Waals surface area (Å²) in [4.78, 5) is 0. The first kappa shape index (κ1) is 10.5. The minimum atomic E-state index is 0.262. The molecule has 0 N–H and O–H groups in total. The van der Waals surface area contributed by atoms with Crippen LogP contribution in [0.1, 0.15) is 19.3 Å². The van der Waals surface area contributed by atoms with E-state index < -0.39 is 0 Å². The maximum absolute atomic E-state index is 5.58. The van der Waals surface area contributed by atoms with Crippen molar-refractivity contribution in [2.45, 2.75) is 31.5 Å². The summed E-state index contributed by atoms with van der Waals surface area (Å²) in [6.07, 6.45) is 7.50. The zero-order valence-electron chi connectivity index (χ0n) is 8.08. The van der Waals surface area contributed by atoms with Crippen molar-refractivity contribution in [2.24, 2.45) is 0 Å². The van der Waals surface area contributed by atoms with Gasteiger partial charge in [0.2, 0.25) is 0 Å². The van der Waals surface area contributed by atoms with E-state index in [1.54, 1.807) is 12.2 Å². The minimum absolute atomic E-state index is 0.262. The molecule has 2 nitrogen and oxygen atoms in total. The van der Waals surface area contributed by atoms with Crippen molar-refractivity contribution < 1.29 is 9.47 Å². The molecule has 1 aliphatic rings. The van der Waals surface area contributed by atoms with Crippen molar-refractivity contribution in [2.75, 3.05) is 13.2 Å². The molecule has 1 fully saturated rings. The Morgan fingerprint density at radius 3 is 1.85 bits per heavy atom. The lowest BCUT2D eigenvalue weighted by Gasteiger charge is -2.19. The normalized spacial score (nSPS) is 27.4. The van der Waals surface area contributed by atoms with Gasteiger partial charge in [-0.2, -0.15) is 0 Å². The van der Waals surface area contributed by atoms with Gasteiger partial charge in [-0.1, -0.05) is 12.2 Å². The highest BCUT2D eigenvalue weighted by atomic mass is 16.5. The zero-order chi connectivity index (χ0) is 9.52.